The minimum atomic E-state index is -0.871. The van der Waals surface area contributed by atoms with Crippen LogP contribution in [0.2, 0.25) is 0 Å². The molecule has 0 atom stereocenters. The summed E-state index contributed by atoms with van der Waals surface area (Å²) in [6.45, 7) is 3.38. The van der Waals surface area contributed by atoms with Gasteiger partial charge in [-0.25, -0.2) is 9.18 Å². The summed E-state index contributed by atoms with van der Waals surface area (Å²) in [5, 5.41) is 2.24. The number of esters is 1. The summed E-state index contributed by atoms with van der Waals surface area (Å²) in [6.07, 6.45) is 2.59. The Labute approximate surface area is 179 Å². The standard InChI is InChI=1S/C25H26FO3S/c1-25(2,18-9-11-19(26)12-10-18)29-24(27)17-28-22-13-14-23(30-15-5-6-16-30)21-8-4-3-7-20(21)22/h3-4,7-14H,5-6,15-17H2,1-2H3/q+1. The van der Waals surface area contributed by atoms with Crippen molar-refractivity contribution < 1.29 is 18.7 Å². The van der Waals surface area contributed by atoms with E-state index in [1.165, 1.54) is 46.8 Å². The summed E-state index contributed by atoms with van der Waals surface area (Å²) in [5.74, 6) is 2.42. The van der Waals surface area contributed by atoms with Crippen molar-refractivity contribution in [2.24, 2.45) is 0 Å². The first-order valence-electron chi connectivity index (χ1n) is 10.2. The van der Waals surface area contributed by atoms with E-state index in [9.17, 15) is 9.18 Å². The van der Waals surface area contributed by atoms with Crippen LogP contribution in [0, 0.1) is 5.82 Å². The summed E-state index contributed by atoms with van der Waals surface area (Å²) < 4.78 is 24.7. The fourth-order valence-electron chi connectivity index (χ4n) is 3.86. The van der Waals surface area contributed by atoms with Crippen LogP contribution in [0.1, 0.15) is 32.3 Å². The van der Waals surface area contributed by atoms with Crippen LogP contribution in [-0.4, -0.2) is 24.1 Å². The Hall–Kier alpha value is -2.53. The van der Waals surface area contributed by atoms with Crippen molar-refractivity contribution in [2.75, 3.05) is 18.1 Å². The Kier molecular flexibility index (Phi) is 6.00. The second kappa shape index (κ2) is 8.68. The van der Waals surface area contributed by atoms with Gasteiger partial charge in [-0.3, -0.25) is 0 Å². The number of hydrogen-bond donors (Lipinski definition) is 0. The molecule has 156 valence electrons. The van der Waals surface area contributed by atoms with Crippen molar-refractivity contribution in [3.63, 3.8) is 0 Å². The molecule has 0 spiro atoms. The summed E-state index contributed by atoms with van der Waals surface area (Å²) in [5.41, 5.74) is -0.145. The SMILES string of the molecule is CC(C)(OC(=O)COc1ccc([S+]2CCCC2)c2ccccc12)c1ccc(F)cc1. The van der Waals surface area contributed by atoms with E-state index in [0.717, 1.165) is 10.9 Å². The third-order valence-electron chi connectivity index (χ3n) is 5.44. The molecule has 30 heavy (non-hydrogen) atoms. The summed E-state index contributed by atoms with van der Waals surface area (Å²) in [6, 6.07) is 18.3. The van der Waals surface area contributed by atoms with Gasteiger partial charge >= 0.3 is 5.97 Å². The van der Waals surface area contributed by atoms with E-state index >= 15 is 0 Å². The van der Waals surface area contributed by atoms with E-state index in [4.69, 9.17) is 9.47 Å². The van der Waals surface area contributed by atoms with Crippen molar-refractivity contribution in [3.05, 3.63) is 72.0 Å². The molecule has 0 N–H and O–H groups in total. The minimum Gasteiger partial charge on any atom is -0.481 e. The van der Waals surface area contributed by atoms with Gasteiger partial charge in [-0.1, -0.05) is 30.3 Å². The Morgan fingerprint density at radius 1 is 0.967 bits per heavy atom. The van der Waals surface area contributed by atoms with Gasteiger partial charge in [-0.05, 0) is 62.6 Å². The highest BCUT2D eigenvalue weighted by molar-refractivity contribution is 7.97. The maximum Gasteiger partial charge on any atom is 0.345 e. The zero-order chi connectivity index (χ0) is 21.1. The molecule has 1 saturated heterocycles. The molecule has 0 radical (unpaired) electrons. The summed E-state index contributed by atoms with van der Waals surface area (Å²) in [7, 11) is 0.304. The molecule has 0 aliphatic carbocycles. The number of fused-ring (bicyclic) bond motifs is 1. The maximum absolute atomic E-state index is 13.2. The average molecular weight is 426 g/mol. The van der Waals surface area contributed by atoms with Gasteiger partial charge in [0.05, 0.1) is 0 Å². The van der Waals surface area contributed by atoms with Crippen molar-refractivity contribution in [1.82, 2.24) is 0 Å². The first-order valence-corrected chi connectivity index (χ1v) is 11.8. The topological polar surface area (TPSA) is 35.5 Å². The zero-order valence-electron chi connectivity index (χ0n) is 17.3. The third-order valence-corrected chi connectivity index (χ3v) is 7.98. The predicted octanol–water partition coefficient (Wildman–Crippen LogP) is 5.61. The lowest BCUT2D eigenvalue weighted by Crippen LogP contribution is -2.28. The van der Waals surface area contributed by atoms with Gasteiger partial charge in [0.1, 0.15) is 28.7 Å². The largest absolute Gasteiger partial charge is 0.481 e. The number of carbonyl (C=O) groups is 1. The van der Waals surface area contributed by atoms with E-state index in [0.29, 0.717) is 16.6 Å². The van der Waals surface area contributed by atoms with Crippen molar-refractivity contribution in [2.45, 2.75) is 37.2 Å². The van der Waals surface area contributed by atoms with Crippen LogP contribution in [0.5, 0.6) is 5.75 Å². The first-order chi connectivity index (χ1) is 14.4. The molecule has 3 aromatic rings. The normalized spacial score (nSPS) is 14.8. The van der Waals surface area contributed by atoms with Crippen LogP contribution >= 0.6 is 0 Å². The number of halogens is 1. The van der Waals surface area contributed by atoms with Gasteiger partial charge in [0, 0.05) is 21.7 Å². The number of benzene rings is 3. The lowest BCUT2D eigenvalue weighted by atomic mass is 9.98. The van der Waals surface area contributed by atoms with Crippen molar-refractivity contribution in [1.29, 1.82) is 0 Å². The number of carbonyl (C=O) groups excluding carboxylic acids is 1. The lowest BCUT2D eigenvalue weighted by molar-refractivity contribution is -0.159. The van der Waals surface area contributed by atoms with E-state index in [1.54, 1.807) is 26.0 Å². The Morgan fingerprint density at radius 3 is 2.33 bits per heavy atom. The average Bonchev–Trinajstić information content (AvgIpc) is 3.26. The first kappa shape index (κ1) is 20.7. The molecule has 5 heteroatoms. The van der Waals surface area contributed by atoms with Crippen LogP contribution in [0.15, 0.2) is 65.6 Å². The fraction of sp³-hybridized carbons (Fsp3) is 0.320. The van der Waals surface area contributed by atoms with Gasteiger partial charge in [0.25, 0.3) is 0 Å². The smallest absolute Gasteiger partial charge is 0.345 e. The molecular formula is C25H26FO3S+. The fourth-order valence-corrected chi connectivity index (χ4v) is 6.36. The molecule has 1 fully saturated rings. The van der Waals surface area contributed by atoms with Gasteiger partial charge < -0.3 is 9.47 Å². The minimum absolute atomic E-state index is 0.181. The number of ether oxygens (including phenoxy) is 2. The molecule has 0 saturated carbocycles. The molecule has 0 bridgehead atoms. The van der Waals surface area contributed by atoms with Crippen molar-refractivity contribution in [3.8, 4) is 5.75 Å². The molecular weight excluding hydrogens is 399 g/mol. The Morgan fingerprint density at radius 2 is 1.63 bits per heavy atom. The van der Waals surface area contributed by atoms with Gasteiger partial charge in [-0.2, -0.15) is 0 Å². The van der Waals surface area contributed by atoms with Gasteiger partial charge in [0.15, 0.2) is 11.5 Å². The number of hydrogen-bond acceptors (Lipinski definition) is 3. The van der Waals surface area contributed by atoms with Gasteiger partial charge in [0.2, 0.25) is 0 Å². The predicted molar refractivity (Wildman–Crippen MR) is 120 cm³/mol. The maximum atomic E-state index is 13.2. The molecule has 3 nitrogen and oxygen atoms in total. The van der Waals surface area contributed by atoms with E-state index in [-0.39, 0.29) is 12.4 Å². The molecule has 1 aliphatic heterocycles. The van der Waals surface area contributed by atoms with Crippen LogP contribution < -0.4 is 4.74 Å². The number of rotatable bonds is 6. The van der Waals surface area contributed by atoms with Gasteiger partial charge in [-0.15, -0.1) is 0 Å². The quantitative estimate of drug-likeness (QED) is 0.381. The third kappa shape index (κ3) is 4.46. The molecule has 0 unspecified atom stereocenters. The monoisotopic (exact) mass is 425 g/mol. The van der Waals surface area contributed by atoms with E-state index in [1.807, 2.05) is 18.2 Å². The Bertz CT molecular complexity index is 1040. The molecule has 4 rings (SSSR count). The zero-order valence-corrected chi connectivity index (χ0v) is 18.1. The second-order valence-corrected chi connectivity index (χ2v) is 10.2. The highest BCUT2D eigenvalue weighted by Gasteiger charge is 2.29. The van der Waals surface area contributed by atoms with Crippen LogP contribution in [-0.2, 0) is 26.0 Å². The summed E-state index contributed by atoms with van der Waals surface area (Å²) >= 11 is 0. The van der Waals surface area contributed by atoms with Crippen LogP contribution in [0.3, 0.4) is 0 Å². The van der Waals surface area contributed by atoms with E-state index in [2.05, 4.69) is 18.2 Å². The highest BCUT2D eigenvalue weighted by Crippen LogP contribution is 2.35. The molecule has 3 aromatic carbocycles. The second-order valence-electron chi connectivity index (χ2n) is 8.00. The van der Waals surface area contributed by atoms with Crippen molar-refractivity contribution >= 4 is 27.6 Å². The molecule has 0 aromatic heterocycles. The highest BCUT2D eigenvalue weighted by atomic mass is 32.2. The molecule has 0 amide bonds. The molecule has 1 heterocycles. The van der Waals surface area contributed by atoms with Crippen LogP contribution in [0.4, 0.5) is 4.39 Å². The molecule has 1 aliphatic rings. The Balaban J connectivity index is 1.47. The lowest BCUT2D eigenvalue weighted by Gasteiger charge is -2.25. The summed E-state index contributed by atoms with van der Waals surface area (Å²) in [4.78, 5) is 13.9. The van der Waals surface area contributed by atoms with E-state index < -0.39 is 11.6 Å². The van der Waals surface area contributed by atoms with Crippen LogP contribution in [0.25, 0.3) is 10.8 Å².